The highest BCUT2D eigenvalue weighted by molar-refractivity contribution is 5.59. The molecule has 0 aromatic carbocycles. The molecule has 0 N–H and O–H groups in total. The molecule has 1 aromatic heterocycles. The van der Waals surface area contributed by atoms with Crippen molar-refractivity contribution in [2.75, 3.05) is 0 Å². The van der Waals surface area contributed by atoms with Gasteiger partial charge in [0.2, 0.25) is 0 Å². The molecule has 13 heavy (non-hydrogen) atoms. The summed E-state index contributed by atoms with van der Waals surface area (Å²) in [6.07, 6.45) is 4.34. The Hall–Kier alpha value is -1.11. The van der Waals surface area contributed by atoms with Crippen LogP contribution in [-0.2, 0) is 0 Å². The number of aromatic nitrogens is 1. The molecule has 1 aromatic rings. The van der Waals surface area contributed by atoms with Crippen LogP contribution in [0.25, 0.3) is 6.08 Å². The molecule has 0 amide bonds. The summed E-state index contributed by atoms with van der Waals surface area (Å²) in [5, 5.41) is 0. The quantitative estimate of drug-likeness (QED) is 0.587. The van der Waals surface area contributed by atoms with E-state index in [1.54, 1.807) is 0 Å². The molecule has 1 unspecified atom stereocenters. The van der Waals surface area contributed by atoms with Gasteiger partial charge in [-0.3, -0.25) is 4.98 Å². The predicted octanol–water partition coefficient (Wildman–Crippen LogP) is 3.55. The predicted molar refractivity (Wildman–Crippen MR) is 57.8 cm³/mol. The Morgan fingerprint density at radius 1 is 1.23 bits per heavy atom. The first-order valence-electron chi connectivity index (χ1n) is 4.93. The zero-order valence-electron chi connectivity index (χ0n) is 8.83. The number of pyridine rings is 1. The fourth-order valence-corrected chi connectivity index (χ4v) is 1.43. The van der Waals surface area contributed by atoms with Crippen LogP contribution in [0.3, 0.4) is 0 Å². The minimum Gasteiger partial charge on any atom is -0.257 e. The summed E-state index contributed by atoms with van der Waals surface area (Å²) < 4.78 is 0. The van der Waals surface area contributed by atoms with Crippen LogP contribution in [0, 0.1) is 6.92 Å². The fraction of sp³-hybridized carbons (Fsp3) is 0.417. The minimum atomic E-state index is 0.505. The third-order valence-corrected chi connectivity index (χ3v) is 2.09. The maximum atomic E-state index is 4.47. The van der Waals surface area contributed by atoms with Crippen LogP contribution < -0.4 is 0 Å². The van der Waals surface area contributed by atoms with Crippen LogP contribution in [-0.4, -0.2) is 4.98 Å². The first-order chi connectivity index (χ1) is 6.27. The van der Waals surface area contributed by atoms with Gasteiger partial charge in [0.15, 0.2) is 0 Å². The monoisotopic (exact) mass is 175 g/mol. The summed E-state index contributed by atoms with van der Waals surface area (Å²) >= 11 is 0. The van der Waals surface area contributed by atoms with E-state index in [9.17, 15) is 0 Å². The molecule has 1 heterocycles. The van der Waals surface area contributed by atoms with E-state index < -0.39 is 0 Å². The summed E-state index contributed by atoms with van der Waals surface area (Å²) in [6.45, 7) is 8.21. The lowest BCUT2D eigenvalue weighted by molar-refractivity contribution is 0.912. The zero-order valence-corrected chi connectivity index (χ0v) is 8.83. The molecule has 0 aliphatic heterocycles. The molecule has 2 rings (SSSR count). The van der Waals surface area contributed by atoms with Gasteiger partial charge in [0, 0.05) is 11.6 Å². The second-order valence-electron chi connectivity index (χ2n) is 3.07. The Morgan fingerprint density at radius 3 is 2.62 bits per heavy atom. The maximum Gasteiger partial charge on any atom is 0.0544 e. The highest BCUT2D eigenvalue weighted by Crippen LogP contribution is 2.27. The Morgan fingerprint density at radius 2 is 1.92 bits per heavy atom. The van der Waals surface area contributed by atoms with Crippen LogP contribution in [0.5, 0.6) is 0 Å². The van der Waals surface area contributed by atoms with Crippen LogP contribution in [0.1, 0.15) is 43.6 Å². The Labute approximate surface area is 80.5 Å². The molecule has 0 bridgehead atoms. The first-order valence-corrected chi connectivity index (χ1v) is 4.93. The van der Waals surface area contributed by atoms with Crippen molar-refractivity contribution in [1.29, 1.82) is 0 Å². The summed E-state index contributed by atoms with van der Waals surface area (Å²) in [5.41, 5.74) is 3.62. The summed E-state index contributed by atoms with van der Waals surface area (Å²) in [4.78, 5) is 4.47. The molecule has 0 radical (unpaired) electrons. The van der Waals surface area contributed by atoms with Crippen molar-refractivity contribution in [3.05, 3.63) is 35.2 Å². The van der Waals surface area contributed by atoms with Crippen molar-refractivity contribution in [1.82, 2.24) is 4.98 Å². The van der Waals surface area contributed by atoms with Crippen molar-refractivity contribution in [2.24, 2.45) is 0 Å². The third kappa shape index (κ3) is 1.97. The number of hydrogen-bond acceptors (Lipinski definition) is 1. The molecular weight excluding hydrogens is 158 g/mol. The second kappa shape index (κ2) is 4.22. The molecule has 0 saturated carbocycles. The third-order valence-electron chi connectivity index (χ3n) is 2.09. The number of allylic oxidation sites excluding steroid dienone is 1. The fourth-order valence-electron chi connectivity index (χ4n) is 1.43. The molecule has 0 saturated heterocycles. The number of aryl methyl sites for hydroxylation is 1. The SMILES string of the molecule is CC.Cc1ccc2c(n1)C(C)C=C2. The van der Waals surface area contributed by atoms with Gasteiger partial charge in [-0.05, 0) is 18.6 Å². The maximum absolute atomic E-state index is 4.47. The normalized spacial score (nSPS) is 17.7. The first kappa shape index (κ1) is 9.97. The van der Waals surface area contributed by atoms with Gasteiger partial charge in [-0.25, -0.2) is 0 Å². The van der Waals surface area contributed by atoms with E-state index in [0.717, 1.165) is 5.69 Å². The average Bonchev–Trinajstić information content (AvgIpc) is 2.52. The minimum absolute atomic E-state index is 0.505. The molecule has 1 nitrogen and oxygen atoms in total. The van der Waals surface area contributed by atoms with E-state index in [1.807, 2.05) is 20.8 Å². The lowest BCUT2D eigenvalue weighted by Gasteiger charge is -2.03. The van der Waals surface area contributed by atoms with Gasteiger partial charge >= 0.3 is 0 Å². The van der Waals surface area contributed by atoms with Gasteiger partial charge in [-0.1, -0.05) is 39.0 Å². The van der Waals surface area contributed by atoms with Crippen molar-refractivity contribution < 1.29 is 0 Å². The van der Waals surface area contributed by atoms with Gasteiger partial charge in [-0.15, -0.1) is 0 Å². The number of rotatable bonds is 0. The number of nitrogens with zero attached hydrogens (tertiary/aromatic N) is 1. The topological polar surface area (TPSA) is 12.9 Å². The van der Waals surface area contributed by atoms with E-state index in [2.05, 4.69) is 36.2 Å². The van der Waals surface area contributed by atoms with E-state index in [4.69, 9.17) is 0 Å². The molecule has 0 fully saturated rings. The summed E-state index contributed by atoms with van der Waals surface area (Å²) in [5.74, 6) is 0.505. The largest absolute Gasteiger partial charge is 0.257 e. The van der Waals surface area contributed by atoms with E-state index in [0.29, 0.717) is 5.92 Å². The van der Waals surface area contributed by atoms with Crippen LogP contribution in [0.2, 0.25) is 0 Å². The van der Waals surface area contributed by atoms with Gasteiger partial charge in [0.05, 0.1) is 5.69 Å². The Balaban J connectivity index is 0.000000396. The van der Waals surface area contributed by atoms with Gasteiger partial charge in [0.25, 0.3) is 0 Å². The molecule has 1 aliphatic carbocycles. The van der Waals surface area contributed by atoms with Crippen molar-refractivity contribution >= 4 is 6.08 Å². The number of fused-ring (bicyclic) bond motifs is 1. The van der Waals surface area contributed by atoms with Crippen LogP contribution in [0.4, 0.5) is 0 Å². The lowest BCUT2D eigenvalue weighted by atomic mass is 10.1. The highest BCUT2D eigenvalue weighted by Gasteiger charge is 2.13. The molecule has 1 atom stereocenters. The number of hydrogen-bond donors (Lipinski definition) is 0. The lowest BCUT2D eigenvalue weighted by Crippen LogP contribution is -1.93. The van der Waals surface area contributed by atoms with Crippen molar-refractivity contribution in [2.45, 2.75) is 33.6 Å². The summed E-state index contributed by atoms with van der Waals surface area (Å²) in [6, 6.07) is 4.19. The molecule has 70 valence electrons. The standard InChI is InChI=1S/C10H11N.C2H6/c1-7-3-5-9-6-4-8(2)11-10(7)9;1-2/h3-7H,1-2H3;1-2H3. The van der Waals surface area contributed by atoms with Gasteiger partial charge in [0.1, 0.15) is 0 Å². The molecular formula is C12H17N. The van der Waals surface area contributed by atoms with Gasteiger partial charge in [-0.2, -0.15) is 0 Å². The molecule has 1 heteroatoms. The zero-order chi connectivity index (χ0) is 9.84. The smallest absolute Gasteiger partial charge is 0.0544 e. The summed E-state index contributed by atoms with van der Waals surface area (Å²) in [7, 11) is 0. The average molecular weight is 175 g/mol. The van der Waals surface area contributed by atoms with Crippen LogP contribution in [0.15, 0.2) is 18.2 Å². The molecule has 1 aliphatic rings. The van der Waals surface area contributed by atoms with Gasteiger partial charge < -0.3 is 0 Å². The second-order valence-corrected chi connectivity index (χ2v) is 3.07. The van der Waals surface area contributed by atoms with E-state index in [-0.39, 0.29) is 0 Å². The Kier molecular flexibility index (Phi) is 3.24. The van der Waals surface area contributed by atoms with Crippen LogP contribution >= 0.6 is 0 Å². The highest BCUT2D eigenvalue weighted by atomic mass is 14.7. The van der Waals surface area contributed by atoms with Crippen molar-refractivity contribution in [3.8, 4) is 0 Å². The Bertz CT molecular complexity index is 313. The van der Waals surface area contributed by atoms with E-state index >= 15 is 0 Å². The molecule has 0 spiro atoms. The van der Waals surface area contributed by atoms with Crippen molar-refractivity contribution in [3.63, 3.8) is 0 Å². The van der Waals surface area contributed by atoms with E-state index in [1.165, 1.54) is 11.3 Å².